The molecule has 3 nitrogen and oxygen atoms in total. The van der Waals surface area contributed by atoms with E-state index in [4.69, 9.17) is 5.84 Å². The summed E-state index contributed by atoms with van der Waals surface area (Å²) < 4.78 is 0. The molecule has 0 saturated carbocycles. The van der Waals surface area contributed by atoms with Gasteiger partial charge in [-0.3, -0.25) is 11.3 Å². The van der Waals surface area contributed by atoms with E-state index in [9.17, 15) is 5.11 Å². The fourth-order valence-corrected chi connectivity index (χ4v) is 1.40. The molecule has 1 rings (SSSR count). The normalized spacial score (nSPS) is 13.4. The van der Waals surface area contributed by atoms with Crippen molar-refractivity contribution in [3.63, 3.8) is 0 Å². The molecular formula is C6H10N2OS. The van der Waals surface area contributed by atoms with Crippen LogP contribution in [0.4, 0.5) is 0 Å². The molecule has 0 fully saturated rings. The van der Waals surface area contributed by atoms with E-state index in [0.29, 0.717) is 6.54 Å². The van der Waals surface area contributed by atoms with Crippen LogP contribution in [-0.2, 0) is 0 Å². The lowest BCUT2D eigenvalue weighted by molar-refractivity contribution is 0.179. The molecule has 1 unspecified atom stereocenters. The highest BCUT2D eigenvalue weighted by Crippen LogP contribution is 2.17. The molecule has 56 valence electrons. The molecule has 10 heavy (non-hydrogen) atoms. The van der Waals surface area contributed by atoms with Gasteiger partial charge in [0.05, 0.1) is 0 Å². The third kappa shape index (κ3) is 1.78. The van der Waals surface area contributed by atoms with Gasteiger partial charge in [-0.2, -0.15) is 0 Å². The Labute approximate surface area is 63.5 Å². The molecule has 1 aromatic rings. The third-order valence-corrected chi connectivity index (χ3v) is 2.16. The zero-order valence-electron chi connectivity index (χ0n) is 5.45. The summed E-state index contributed by atoms with van der Waals surface area (Å²) >= 11 is 1.53. The first kappa shape index (κ1) is 7.68. The minimum atomic E-state index is -0.468. The third-order valence-electron chi connectivity index (χ3n) is 1.18. The maximum Gasteiger partial charge on any atom is 0.102 e. The zero-order chi connectivity index (χ0) is 7.40. The van der Waals surface area contributed by atoms with E-state index >= 15 is 0 Å². The van der Waals surface area contributed by atoms with Gasteiger partial charge in [0.1, 0.15) is 6.10 Å². The maximum absolute atomic E-state index is 9.28. The standard InChI is InChI=1S/C6H10N2OS/c7-8-4-5(9)6-2-1-3-10-6/h1-3,5,8-9H,4,7H2. The molecule has 1 atom stereocenters. The lowest BCUT2D eigenvalue weighted by atomic mass is 10.3. The average molecular weight is 158 g/mol. The summed E-state index contributed by atoms with van der Waals surface area (Å²) in [7, 11) is 0. The number of thiophene rings is 1. The molecule has 0 aliphatic carbocycles. The van der Waals surface area contributed by atoms with Gasteiger partial charge in [-0.1, -0.05) is 6.07 Å². The topological polar surface area (TPSA) is 58.3 Å². The Kier molecular flexibility index (Phi) is 2.82. The molecule has 0 aliphatic rings. The SMILES string of the molecule is NNCC(O)c1cccs1. The van der Waals surface area contributed by atoms with Gasteiger partial charge in [0.2, 0.25) is 0 Å². The summed E-state index contributed by atoms with van der Waals surface area (Å²) in [5, 5.41) is 11.2. The monoisotopic (exact) mass is 158 g/mol. The number of aliphatic hydroxyl groups is 1. The van der Waals surface area contributed by atoms with E-state index in [1.54, 1.807) is 0 Å². The fraction of sp³-hybridized carbons (Fsp3) is 0.333. The van der Waals surface area contributed by atoms with Gasteiger partial charge in [0.15, 0.2) is 0 Å². The molecule has 0 amide bonds. The van der Waals surface area contributed by atoms with Crippen molar-refractivity contribution in [1.29, 1.82) is 0 Å². The second kappa shape index (κ2) is 3.68. The summed E-state index contributed by atoms with van der Waals surface area (Å²) in [5.41, 5.74) is 2.41. The van der Waals surface area contributed by atoms with Crippen molar-refractivity contribution in [2.75, 3.05) is 6.54 Å². The first-order valence-corrected chi connectivity index (χ1v) is 3.87. The van der Waals surface area contributed by atoms with Gasteiger partial charge >= 0.3 is 0 Å². The molecule has 4 N–H and O–H groups in total. The van der Waals surface area contributed by atoms with Gasteiger partial charge in [-0.15, -0.1) is 11.3 Å². The van der Waals surface area contributed by atoms with E-state index in [0.717, 1.165) is 4.88 Å². The molecule has 0 saturated heterocycles. The van der Waals surface area contributed by atoms with E-state index < -0.39 is 6.10 Å². The number of nitrogens with two attached hydrogens (primary N) is 1. The van der Waals surface area contributed by atoms with Crippen molar-refractivity contribution >= 4 is 11.3 Å². The molecule has 0 aromatic carbocycles. The van der Waals surface area contributed by atoms with Gasteiger partial charge < -0.3 is 5.11 Å². The highest BCUT2D eigenvalue weighted by atomic mass is 32.1. The lowest BCUT2D eigenvalue weighted by Crippen LogP contribution is -2.27. The number of hydrazine groups is 1. The summed E-state index contributed by atoms with van der Waals surface area (Å²) in [4.78, 5) is 0.943. The maximum atomic E-state index is 9.28. The summed E-state index contributed by atoms with van der Waals surface area (Å²) in [6.45, 7) is 0.403. The van der Waals surface area contributed by atoms with Crippen molar-refractivity contribution < 1.29 is 5.11 Å². The van der Waals surface area contributed by atoms with Crippen LogP contribution in [0, 0.1) is 0 Å². The van der Waals surface area contributed by atoms with Crippen LogP contribution in [0.3, 0.4) is 0 Å². The first-order chi connectivity index (χ1) is 4.84. The molecule has 0 bridgehead atoms. The molecule has 0 spiro atoms. The van der Waals surface area contributed by atoms with Gasteiger partial charge in [0.25, 0.3) is 0 Å². The van der Waals surface area contributed by atoms with Crippen LogP contribution < -0.4 is 11.3 Å². The second-order valence-corrected chi connectivity index (χ2v) is 2.92. The van der Waals surface area contributed by atoms with E-state index in [2.05, 4.69) is 5.43 Å². The van der Waals surface area contributed by atoms with Crippen molar-refractivity contribution in [3.05, 3.63) is 22.4 Å². The summed E-state index contributed by atoms with van der Waals surface area (Å²) in [6.07, 6.45) is -0.468. The van der Waals surface area contributed by atoms with E-state index in [1.165, 1.54) is 11.3 Å². The Bertz CT molecular complexity index is 176. The van der Waals surface area contributed by atoms with Gasteiger partial charge in [-0.25, -0.2) is 0 Å². The van der Waals surface area contributed by atoms with Crippen LogP contribution in [0.5, 0.6) is 0 Å². The van der Waals surface area contributed by atoms with E-state index in [-0.39, 0.29) is 0 Å². The lowest BCUT2D eigenvalue weighted by Gasteiger charge is -2.05. The zero-order valence-corrected chi connectivity index (χ0v) is 6.27. The Morgan fingerprint density at radius 1 is 1.80 bits per heavy atom. The molecule has 1 heterocycles. The Hall–Kier alpha value is -0.420. The molecule has 1 aromatic heterocycles. The first-order valence-electron chi connectivity index (χ1n) is 2.99. The van der Waals surface area contributed by atoms with Gasteiger partial charge in [0, 0.05) is 11.4 Å². The van der Waals surface area contributed by atoms with Gasteiger partial charge in [-0.05, 0) is 11.4 Å². The highest BCUT2D eigenvalue weighted by Gasteiger charge is 2.05. The molecular weight excluding hydrogens is 148 g/mol. The minimum absolute atomic E-state index is 0.403. The smallest absolute Gasteiger partial charge is 0.102 e. The van der Waals surface area contributed by atoms with Crippen LogP contribution in [-0.4, -0.2) is 11.7 Å². The van der Waals surface area contributed by atoms with E-state index in [1.807, 2.05) is 17.5 Å². The Morgan fingerprint density at radius 3 is 3.10 bits per heavy atom. The van der Waals surface area contributed by atoms with Crippen molar-refractivity contribution in [2.24, 2.45) is 5.84 Å². The summed E-state index contributed by atoms with van der Waals surface area (Å²) in [5.74, 6) is 5.03. The Balaban J connectivity index is 2.50. The quantitative estimate of drug-likeness (QED) is 0.436. The van der Waals surface area contributed by atoms with Crippen molar-refractivity contribution in [3.8, 4) is 0 Å². The minimum Gasteiger partial charge on any atom is -0.386 e. The van der Waals surface area contributed by atoms with Crippen LogP contribution in [0.2, 0.25) is 0 Å². The van der Waals surface area contributed by atoms with Crippen molar-refractivity contribution in [1.82, 2.24) is 5.43 Å². The van der Waals surface area contributed by atoms with Crippen molar-refractivity contribution in [2.45, 2.75) is 6.10 Å². The fourth-order valence-electron chi connectivity index (χ4n) is 0.693. The summed E-state index contributed by atoms with van der Waals surface area (Å²) in [6, 6.07) is 3.78. The number of rotatable bonds is 3. The number of hydrogen-bond donors (Lipinski definition) is 3. The molecule has 0 radical (unpaired) electrons. The number of aliphatic hydroxyl groups excluding tert-OH is 1. The largest absolute Gasteiger partial charge is 0.386 e. The van der Waals surface area contributed by atoms with Crippen LogP contribution in [0.1, 0.15) is 11.0 Å². The number of nitrogens with one attached hydrogen (secondary N) is 1. The Morgan fingerprint density at radius 2 is 2.60 bits per heavy atom. The molecule has 4 heteroatoms. The van der Waals surface area contributed by atoms with Crippen LogP contribution in [0.25, 0.3) is 0 Å². The van der Waals surface area contributed by atoms with Crippen LogP contribution >= 0.6 is 11.3 Å². The second-order valence-electron chi connectivity index (χ2n) is 1.94. The molecule has 0 aliphatic heterocycles. The highest BCUT2D eigenvalue weighted by molar-refractivity contribution is 7.10. The predicted molar refractivity (Wildman–Crippen MR) is 41.5 cm³/mol. The number of hydrogen-bond acceptors (Lipinski definition) is 4. The van der Waals surface area contributed by atoms with Crippen LogP contribution in [0.15, 0.2) is 17.5 Å². The predicted octanol–water partition coefficient (Wildman–Crippen LogP) is 0.245. The average Bonchev–Trinajstić information content (AvgIpc) is 2.38.